The Labute approximate surface area is 171 Å². The topological polar surface area (TPSA) is 85.4 Å². The Morgan fingerprint density at radius 3 is 2.55 bits per heavy atom. The Hall–Kier alpha value is -2.81. The van der Waals surface area contributed by atoms with Gasteiger partial charge in [0.1, 0.15) is 5.03 Å². The largest absolute Gasteiger partial charge is 0.454 e. The van der Waals surface area contributed by atoms with Crippen LogP contribution < -0.4 is 5.32 Å². The minimum atomic E-state index is -2.73. The van der Waals surface area contributed by atoms with E-state index in [-0.39, 0.29) is 28.3 Å². The van der Waals surface area contributed by atoms with Gasteiger partial charge in [0.15, 0.2) is 12.4 Å². The third-order valence-electron chi connectivity index (χ3n) is 3.82. The van der Waals surface area contributed by atoms with Crippen molar-refractivity contribution in [3.8, 4) is 0 Å². The summed E-state index contributed by atoms with van der Waals surface area (Å²) in [6.45, 7) is 1.53. The summed E-state index contributed by atoms with van der Waals surface area (Å²) in [6, 6.07) is 9.60. The van der Waals surface area contributed by atoms with Crippen molar-refractivity contribution in [1.82, 2.24) is 10.3 Å². The highest BCUT2D eigenvalue weighted by atomic mass is 32.2. The smallest absolute Gasteiger partial charge is 0.341 e. The maximum Gasteiger partial charge on any atom is 0.341 e. The first-order valence-corrected chi connectivity index (χ1v) is 9.68. The van der Waals surface area contributed by atoms with Crippen LogP contribution in [0.2, 0.25) is 0 Å². The van der Waals surface area contributed by atoms with E-state index in [1.165, 1.54) is 25.3 Å². The highest BCUT2D eigenvalue weighted by molar-refractivity contribution is 7.99. The maximum atomic E-state index is 12.6. The molecule has 0 atom stereocenters. The average molecular weight is 422 g/mol. The summed E-state index contributed by atoms with van der Waals surface area (Å²) in [4.78, 5) is 38.9. The molecule has 1 heterocycles. The second-order valence-corrected chi connectivity index (χ2v) is 7.00. The Morgan fingerprint density at radius 1 is 1.17 bits per heavy atom. The number of nitrogens with one attached hydrogen (secondary N) is 1. The minimum absolute atomic E-state index is 0.0771. The number of hydrogen-bond donors (Lipinski definition) is 1. The Kier molecular flexibility index (Phi) is 8.72. The molecule has 9 heteroatoms. The normalized spacial score (nSPS) is 10.6. The molecular weight excluding hydrogens is 402 g/mol. The number of benzene rings is 1. The molecule has 0 spiro atoms. The van der Waals surface area contributed by atoms with Crippen LogP contribution in [0.25, 0.3) is 0 Å². The average Bonchev–Trinajstić information content (AvgIpc) is 2.69. The zero-order valence-corrected chi connectivity index (χ0v) is 16.5. The van der Waals surface area contributed by atoms with Crippen LogP contribution in [0.3, 0.4) is 0 Å². The van der Waals surface area contributed by atoms with Crippen LogP contribution in [0.5, 0.6) is 0 Å². The first-order valence-electron chi connectivity index (χ1n) is 8.80. The molecule has 1 amide bonds. The van der Waals surface area contributed by atoms with E-state index >= 15 is 0 Å². The van der Waals surface area contributed by atoms with E-state index in [9.17, 15) is 23.2 Å². The molecule has 2 aromatic rings. The maximum absolute atomic E-state index is 12.6. The molecule has 1 N–H and O–H groups in total. The van der Waals surface area contributed by atoms with Crippen molar-refractivity contribution < 1.29 is 27.9 Å². The fourth-order valence-electron chi connectivity index (χ4n) is 2.43. The van der Waals surface area contributed by atoms with Gasteiger partial charge in [0, 0.05) is 25.2 Å². The summed E-state index contributed by atoms with van der Waals surface area (Å²) in [7, 11) is 0. The van der Waals surface area contributed by atoms with Gasteiger partial charge in [-0.3, -0.25) is 9.59 Å². The third-order valence-corrected chi connectivity index (χ3v) is 4.54. The SMILES string of the molecule is CC(=O)NCCCc1ccc(C(=O)COC(=O)c2cccnc2SC(F)F)cc1. The fourth-order valence-corrected chi connectivity index (χ4v) is 3.00. The van der Waals surface area contributed by atoms with Gasteiger partial charge in [0.25, 0.3) is 5.76 Å². The molecule has 0 unspecified atom stereocenters. The van der Waals surface area contributed by atoms with Gasteiger partial charge in [-0.15, -0.1) is 0 Å². The highest BCUT2D eigenvalue weighted by Crippen LogP contribution is 2.26. The van der Waals surface area contributed by atoms with Gasteiger partial charge < -0.3 is 10.1 Å². The van der Waals surface area contributed by atoms with Gasteiger partial charge in [-0.25, -0.2) is 9.78 Å². The number of aryl methyl sites for hydroxylation is 1. The van der Waals surface area contributed by atoms with Crippen molar-refractivity contribution in [3.63, 3.8) is 0 Å². The number of alkyl halides is 2. The van der Waals surface area contributed by atoms with Crippen LogP contribution in [-0.2, 0) is 16.0 Å². The summed E-state index contributed by atoms with van der Waals surface area (Å²) >= 11 is 0.142. The molecule has 0 radical (unpaired) electrons. The molecule has 0 saturated carbocycles. The standard InChI is InChI=1S/C20H20F2N2O4S/c1-13(25)23-10-2-4-14-6-8-15(9-7-14)17(26)12-28-19(27)16-5-3-11-24-18(16)29-20(21)22/h3,5-9,11,20H,2,4,10,12H2,1H3,(H,23,25). The van der Waals surface area contributed by atoms with Gasteiger partial charge in [-0.1, -0.05) is 24.3 Å². The van der Waals surface area contributed by atoms with Crippen molar-refractivity contribution in [2.75, 3.05) is 13.2 Å². The monoisotopic (exact) mass is 422 g/mol. The Balaban J connectivity index is 1.87. The number of thioether (sulfide) groups is 1. The molecule has 2 rings (SSSR count). The first-order chi connectivity index (χ1) is 13.9. The molecule has 0 bridgehead atoms. The van der Waals surface area contributed by atoms with E-state index in [2.05, 4.69) is 10.3 Å². The number of aromatic nitrogens is 1. The molecular formula is C20H20F2N2O4S. The lowest BCUT2D eigenvalue weighted by molar-refractivity contribution is -0.118. The number of amides is 1. The minimum Gasteiger partial charge on any atom is -0.454 e. The fraction of sp³-hybridized carbons (Fsp3) is 0.300. The van der Waals surface area contributed by atoms with Crippen molar-refractivity contribution in [1.29, 1.82) is 0 Å². The van der Waals surface area contributed by atoms with E-state index < -0.39 is 24.1 Å². The zero-order chi connectivity index (χ0) is 21.2. The number of ketones is 1. The molecule has 154 valence electrons. The Morgan fingerprint density at radius 2 is 1.90 bits per heavy atom. The van der Waals surface area contributed by atoms with E-state index in [0.717, 1.165) is 18.4 Å². The number of rotatable bonds is 10. The van der Waals surface area contributed by atoms with Crippen molar-refractivity contribution in [2.45, 2.75) is 30.5 Å². The second kappa shape index (κ2) is 11.3. The molecule has 1 aromatic carbocycles. The number of Topliss-reactive ketones (excluding diaryl/α,β-unsaturated/α-hetero) is 1. The van der Waals surface area contributed by atoms with Crippen LogP contribution in [0, 0.1) is 0 Å². The molecule has 0 aliphatic carbocycles. The van der Waals surface area contributed by atoms with Crippen LogP contribution in [0.15, 0.2) is 47.6 Å². The van der Waals surface area contributed by atoms with Gasteiger partial charge in [-0.2, -0.15) is 8.78 Å². The molecule has 0 fully saturated rings. The number of ether oxygens (including phenoxy) is 1. The molecule has 0 aliphatic heterocycles. The summed E-state index contributed by atoms with van der Waals surface area (Å²) in [6.07, 6.45) is 2.81. The number of nitrogens with zero attached hydrogens (tertiary/aromatic N) is 1. The van der Waals surface area contributed by atoms with Crippen molar-refractivity contribution >= 4 is 29.4 Å². The number of halogens is 2. The molecule has 1 aromatic heterocycles. The number of carbonyl (C=O) groups excluding carboxylic acids is 3. The highest BCUT2D eigenvalue weighted by Gasteiger charge is 2.19. The van der Waals surface area contributed by atoms with Crippen LogP contribution in [0.4, 0.5) is 8.78 Å². The van der Waals surface area contributed by atoms with E-state index in [0.29, 0.717) is 12.1 Å². The summed E-state index contributed by atoms with van der Waals surface area (Å²) in [5, 5.41) is 2.56. The Bertz CT molecular complexity index is 860. The summed E-state index contributed by atoms with van der Waals surface area (Å²) < 4.78 is 30.1. The van der Waals surface area contributed by atoms with Crippen molar-refractivity contribution in [2.24, 2.45) is 0 Å². The van der Waals surface area contributed by atoms with Crippen LogP contribution in [0.1, 0.15) is 39.6 Å². The lowest BCUT2D eigenvalue weighted by Gasteiger charge is -2.08. The molecule has 29 heavy (non-hydrogen) atoms. The van der Waals surface area contributed by atoms with E-state index in [1.54, 1.807) is 24.3 Å². The predicted molar refractivity (Wildman–Crippen MR) is 104 cm³/mol. The second-order valence-electron chi connectivity index (χ2n) is 6.02. The van der Waals surface area contributed by atoms with E-state index in [4.69, 9.17) is 4.74 Å². The van der Waals surface area contributed by atoms with E-state index in [1.807, 2.05) is 0 Å². The van der Waals surface area contributed by atoms with Gasteiger partial charge in [0.2, 0.25) is 5.91 Å². The summed E-state index contributed by atoms with van der Waals surface area (Å²) in [5.74, 6) is -4.10. The molecule has 0 saturated heterocycles. The number of hydrogen-bond acceptors (Lipinski definition) is 6. The number of carbonyl (C=O) groups is 3. The lowest BCUT2D eigenvalue weighted by atomic mass is 10.1. The summed E-state index contributed by atoms with van der Waals surface area (Å²) in [5.41, 5.74) is 1.27. The number of esters is 1. The zero-order valence-electron chi connectivity index (χ0n) is 15.7. The van der Waals surface area contributed by atoms with Gasteiger partial charge in [0.05, 0.1) is 5.56 Å². The quantitative estimate of drug-likeness (QED) is 0.273. The first kappa shape index (κ1) is 22.5. The predicted octanol–water partition coefficient (Wildman–Crippen LogP) is 3.50. The number of pyridine rings is 1. The molecule has 0 aliphatic rings. The molecule has 6 nitrogen and oxygen atoms in total. The van der Waals surface area contributed by atoms with Gasteiger partial charge in [-0.05, 0) is 42.3 Å². The van der Waals surface area contributed by atoms with Crippen molar-refractivity contribution in [3.05, 3.63) is 59.3 Å². The third kappa shape index (κ3) is 7.61. The van der Waals surface area contributed by atoms with Gasteiger partial charge >= 0.3 is 5.97 Å². The van der Waals surface area contributed by atoms with Crippen LogP contribution >= 0.6 is 11.8 Å². The lowest BCUT2D eigenvalue weighted by Crippen LogP contribution is -2.21. The van der Waals surface area contributed by atoms with Crippen LogP contribution in [-0.4, -0.2) is 41.6 Å².